The number of methoxy groups -OCH3 is 1. The molecule has 5 heteroatoms. The van der Waals surface area contributed by atoms with Gasteiger partial charge in [-0.1, -0.05) is 6.08 Å². The van der Waals surface area contributed by atoms with Gasteiger partial charge in [-0.2, -0.15) is 9.36 Å². The fraction of sp³-hybridized carbons (Fsp3) is 0.263. The summed E-state index contributed by atoms with van der Waals surface area (Å²) in [6.07, 6.45) is 7.98. The molecule has 1 aromatic carbocycles. The SMILES string of the molecule is CCN1/C(=C/c2cc[n+](C)c(=O)n2C)C=Cc2cc(OC)ccc21. The van der Waals surface area contributed by atoms with Crippen molar-refractivity contribution in [3.8, 4) is 5.75 Å². The van der Waals surface area contributed by atoms with Gasteiger partial charge in [0.25, 0.3) is 0 Å². The number of fused-ring (bicyclic) bond motifs is 1. The van der Waals surface area contributed by atoms with E-state index >= 15 is 0 Å². The van der Waals surface area contributed by atoms with Crippen molar-refractivity contribution < 1.29 is 9.30 Å². The Hall–Kier alpha value is -2.82. The van der Waals surface area contributed by atoms with Gasteiger partial charge in [-0.25, -0.2) is 4.57 Å². The van der Waals surface area contributed by atoms with Gasteiger partial charge in [-0.05, 0) is 31.2 Å². The van der Waals surface area contributed by atoms with E-state index in [9.17, 15) is 4.79 Å². The van der Waals surface area contributed by atoms with E-state index in [0.717, 1.165) is 34.9 Å². The maximum Gasteiger partial charge on any atom is 0.497 e. The summed E-state index contributed by atoms with van der Waals surface area (Å²) in [7, 11) is 5.21. The number of aromatic nitrogens is 2. The Kier molecular flexibility index (Phi) is 4.25. The second-order valence-corrected chi connectivity index (χ2v) is 5.76. The summed E-state index contributed by atoms with van der Waals surface area (Å²) >= 11 is 0. The molecule has 0 unspecified atom stereocenters. The minimum absolute atomic E-state index is 0.0441. The number of ether oxygens (including phenoxy) is 1. The van der Waals surface area contributed by atoms with Crippen LogP contribution in [0.25, 0.3) is 12.2 Å². The van der Waals surface area contributed by atoms with Crippen LogP contribution in [-0.2, 0) is 14.1 Å². The Morgan fingerprint density at radius 1 is 1.25 bits per heavy atom. The van der Waals surface area contributed by atoms with E-state index in [1.54, 1.807) is 36.5 Å². The molecule has 1 aliphatic heterocycles. The van der Waals surface area contributed by atoms with Gasteiger partial charge in [0.15, 0.2) is 0 Å². The summed E-state index contributed by atoms with van der Waals surface area (Å²) < 4.78 is 8.52. The molecule has 0 atom stereocenters. The van der Waals surface area contributed by atoms with Gasteiger partial charge in [0.1, 0.15) is 11.4 Å². The summed E-state index contributed by atoms with van der Waals surface area (Å²) in [5.41, 5.74) is 4.14. The largest absolute Gasteiger partial charge is 0.497 e. The first-order valence-corrected chi connectivity index (χ1v) is 7.96. The van der Waals surface area contributed by atoms with Crippen LogP contribution in [0, 0.1) is 0 Å². The van der Waals surface area contributed by atoms with Gasteiger partial charge in [0, 0.05) is 35.6 Å². The molecule has 0 aliphatic carbocycles. The van der Waals surface area contributed by atoms with Crippen LogP contribution in [0.5, 0.6) is 5.75 Å². The predicted molar refractivity (Wildman–Crippen MR) is 95.9 cm³/mol. The Morgan fingerprint density at radius 3 is 2.75 bits per heavy atom. The third kappa shape index (κ3) is 2.73. The first kappa shape index (κ1) is 16.1. The Labute approximate surface area is 141 Å². The number of benzene rings is 1. The van der Waals surface area contributed by atoms with Crippen molar-refractivity contribution in [2.24, 2.45) is 14.1 Å². The molecule has 0 radical (unpaired) electrons. The third-order valence-electron chi connectivity index (χ3n) is 4.33. The maximum atomic E-state index is 12.1. The van der Waals surface area contributed by atoms with Crippen LogP contribution in [0.1, 0.15) is 18.2 Å². The molecule has 24 heavy (non-hydrogen) atoms. The zero-order valence-corrected chi connectivity index (χ0v) is 14.5. The quantitative estimate of drug-likeness (QED) is 0.812. The molecule has 124 valence electrons. The normalized spacial score (nSPS) is 14.8. The van der Waals surface area contributed by atoms with Crippen molar-refractivity contribution >= 4 is 17.8 Å². The van der Waals surface area contributed by atoms with E-state index in [1.807, 2.05) is 24.3 Å². The van der Waals surface area contributed by atoms with Crippen molar-refractivity contribution in [3.63, 3.8) is 0 Å². The van der Waals surface area contributed by atoms with Crippen LogP contribution in [0.4, 0.5) is 5.69 Å². The highest BCUT2D eigenvalue weighted by Gasteiger charge is 2.18. The van der Waals surface area contributed by atoms with Crippen molar-refractivity contribution in [1.29, 1.82) is 0 Å². The molecule has 0 saturated carbocycles. The van der Waals surface area contributed by atoms with Crippen molar-refractivity contribution in [2.45, 2.75) is 6.92 Å². The van der Waals surface area contributed by atoms with Gasteiger partial charge in [-0.15, -0.1) is 0 Å². The molecule has 2 heterocycles. The molecule has 0 bridgehead atoms. The number of anilines is 1. The van der Waals surface area contributed by atoms with Crippen LogP contribution in [0.3, 0.4) is 0 Å². The number of allylic oxidation sites excluding steroid dienone is 1. The lowest BCUT2D eigenvalue weighted by Gasteiger charge is -2.29. The highest BCUT2D eigenvalue weighted by atomic mass is 16.5. The fourth-order valence-electron chi connectivity index (χ4n) is 2.93. The third-order valence-corrected chi connectivity index (χ3v) is 4.33. The number of aryl methyl sites for hydroxylation is 1. The molecule has 0 saturated heterocycles. The van der Waals surface area contributed by atoms with Crippen LogP contribution in [0.15, 0.2) is 47.0 Å². The summed E-state index contributed by atoms with van der Waals surface area (Å²) in [6, 6.07) is 8.01. The molecule has 0 spiro atoms. The van der Waals surface area contributed by atoms with Crippen LogP contribution >= 0.6 is 0 Å². The molecule has 1 aromatic heterocycles. The average Bonchev–Trinajstić information content (AvgIpc) is 2.61. The van der Waals surface area contributed by atoms with Gasteiger partial charge in [0.05, 0.1) is 27.4 Å². The second kappa shape index (κ2) is 6.35. The Bertz CT molecular complexity index is 894. The van der Waals surface area contributed by atoms with Crippen molar-refractivity contribution in [2.75, 3.05) is 18.6 Å². The number of nitrogens with zero attached hydrogens (tertiary/aromatic N) is 3. The maximum absolute atomic E-state index is 12.1. The van der Waals surface area contributed by atoms with Crippen LogP contribution in [0.2, 0.25) is 0 Å². The highest BCUT2D eigenvalue weighted by molar-refractivity contribution is 5.80. The fourth-order valence-corrected chi connectivity index (χ4v) is 2.93. The predicted octanol–water partition coefficient (Wildman–Crippen LogP) is 2.11. The molecular formula is C19H22N3O2+. The lowest BCUT2D eigenvalue weighted by atomic mass is 10.0. The molecule has 1 aliphatic rings. The molecule has 2 aromatic rings. The first-order chi connectivity index (χ1) is 11.5. The lowest BCUT2D eigenvalue weighted by molar-refractivity contribution is -0.690. The zero-order chi connectivity index (χ0) is 17.3. The van der Waals surface area contributed by atoms with Gasteiger partial charge in [0.2, 0.25) is 0 Å². The molecule has 0 amide bonds. The van der Waals surface area contributed by atoms with Crippen molar-refractivity contribution in [1.82, 2.24) is 4.57 Å². The number of hydrogen-bond donors (Lipinski definition) is 0. The number of hydrogen-bond acceptors (Lipinski definition) is 3. The van der Waals surface area contributed by atoms with Gasteiger partial charge < -0.3 is 9.64 Å². The summed E-state index contributed by atoms with van der Waals surface area (Å²) in [4.78, 5) is 14.3. The zero-order valence-electron chi connectivity index (χ0n) is 14.5. The minimum Gasteiger partial charge on any atom is -0.497 e. The molecule has 0 fully saturated rings. The van der Waals surface area contributed by atoms with E-state index in [2.05, 4.69) is 30.0 Å². The molecule has 5 nitrogen and oxygen atoms in total. The Morgan fingerprint density at radius 2 is 2.04 bits per heavy atom. The molecular weight excluding hydrogens is 302 g/mol. The van der Waals surface area contributed by atoms with E-state index in [1.165, 1.54) is 0 Å². The molecule has 3 rings (SSSR count). The van der Waals surface area contributed by atoms with Crippen molar-refractivity contribution in [3.05, 3.63) is 64.0 Å². The number of likely N-dealkylation sites (N-methyl/N-ethyl adjacent to an activating group) is 1. The summed E-state index contributed by atoms with van der Waals surface area (Å²) in [5, 5.41) is 0. The van der Waals surface area contributed by atoms with E-state index in [0.29, 0.717) is 0 Å². The highest BCUT2D eigenvalue weighted by Crippen LogP contribution is 2.33. The van der Waals surface area contributed by atoms with Crippen LogP contribution in [-0.4, -0.2) is 18.2 Å². The lowest BCUT2D eigenvalue weighted by Crippen LogP contribution is -2.50. The van der Waals surface area contributed by atoms with Gasteiger partial charge >= 0.3 is 5.69 Å². The van der Waals surface area contributed by atoms with E-state index in [4.69, 9.17) is 4.74 Å². The van der Waals surface area contributed by atoms with Gasteiger partial charge in [-0.3, -0.25) is 0 Å². The standard InChI is InChI=1S/C19H22N3O2/c1-5-22-16(13-15-10-11-20(2)19(23)21(15)3)7-6-14-12-17(24-4)8-9-18(14)22/h6-13H,5H2,1-4H3/q+1. The summed E-state index contributed by atoms with van der Waals surface area (Å²) in [6.45, 7) is 2.95. The average molecular weight is 324 g/mol. The molecule has 0 N–H and O–H groups in total. The monoisotopic (exact) mass is 324 g/mol. The van der Waals surface area contributed by atoms with E-state index in [-0.39, 0.29) is 5.69 Å². The van der Waals surface area contributed by atoms with E-state index < -0.39 is 0 Å². The second-order valence-electron chi connectivity index (χ2n) is 5.76. The Balaban J connectivity index is 2.07. The summed E-state index contributed by atoms with van der Waals surface area (Å²) in [5.74, 6) is 0.847. The van der Waals surface area contributed by atoms with Crippen LogP contribution < -0.4 is 19.9 Å². The first-order valence-electron chi connectivity index (χ1n) is 7.96. The number of rotatable bonds is 3. The minimum atomic E-state index is -0.0441. The smallest absolute Gasteiger partial charge is 0.497 e. The topological polar surface area (TPSA) is 38.4 Å².